The van der Waals surface area contributed by atoms with Crippen molar-refractivity contribution >= 4 is 34.4 Å². The molecule has 0 spiro atoms. The Morgan fingerprint density at radius 2 is 2.18 bits per heavy atom. The number of hydrogen-bond acceptors (Lipinski definition) is 4. The molecule has 3 unspecified atom stereocenters. The first-order valence-corrected chi connectivity index (χ1v) is 7.10. The molecule has 1 aliphatic heterocycles. The lowest BCUT2D eigenvalue weighted by atomic mass is 9.86. The maximum Gasteiger partial charge on any atom is 0.187 e. The van der Waals surface area contributed by atoms with Gasteiger partial charge in [0, 0.05) is 12.6 Å². The highest BCUT2D eigenvalue weighted by Crippen LogP contribution is 2.35. The van der Waals surface area contributed by atoms with Crippen LogP contribution in [-0.2, 0) is 0 Å². The van der Waals surface area contributed by atoms with Crippen molar-refractivity contribution < 1.29 is 4.79 Å². The number of hydrogen-bond donors (Lipinski definition) is 0. The Morgan fingerprint density at radius 3 is 2.76 bits per heavy atom. The molecule has 1 fully saturated rings. The quantitative estimate of drug-likeness (QED) is 0.773. The second-order valence-corrected chi connectivity index (χ2v) is 6.35. The van der Waals surface area contributed by atoms with Crippen LogP contribution in [0.4, 0.5) is 5.13 Å². The predicted octanol–water partition coefficient (Wildman–Crippen LogP) is 3.48. The molecule has 0 bridgehead atoms. The Bertz CT molecular complexity index is 421. The second kappa shape index (κ2) is 4.94. The van der Waals surface area contributed by atoms with E-state index in [-0.39, 0.29) is 0 Å². The summed E-state index contributed by atoms with van der Waals surface area (Å²) >= 11 is 7.31. The summed E-state index contributed by atoms with van der Waals surface area (Å²) in [5.41, 5.74) is 0. The number of carbonyl (C=O) groups excluding carboxylic acids is 1. The molecule has 1 aromatic rings. The van der Waals surface area contributed by atoms with Crippen LogP contribution >= 0.6 is 22.9 Å². The molecule has 0 N–H and O–H groups in total. The molecule has 0 amide bonds. The van der Waals surface area contributed by atoms with E-state index in [1.807, 2.05) is 0 Å². The number of piperidine rings is 1. The lowest BCUT2D eigenvalue weighted by molar-refractivity contribution is 0.112. The number of aromatic nitrogens is 1. The fourth-order valence-corrected chi connectivity index (χ4v) is 3.63. The smallest absolute Gasteiger partial charge is 0.187 e. The fourth-order valence-electron chi connectivity index (χ4n) is 2.47. The Morgan fingerprint density at radius 1 is 1.47 bits per heavy atom. The van der Waals surface area contributed by atoms with Crippen LogP contribution in [0.1, 0.15) is 36.9 Å². The zero-order valence-electron chi connectivity index (χ0n) is 10.3. The van der Waals surface area contributed by atoms with Gasteiger partial charge in [0.2, 0.25) is 0 Å². The van der Waals surface area contributed by atoms with Gasteiger partial charge in [-0.2, -0.15) is 0 Å². The summed E-state index contributed by atoms with van der Waals surface area (Å²) in [5, 5.41) is 1.21. The highest BCUT2D eigenvalue weighted by molar-refractivity contribution is 7.17. The number of anilines is 1. The van der Waals surface area contributed by atoms with E-state index >= 15 is 0 Å². The van der Waals surface area contributed by atoms with Gasteiger partial charge >= 0.3 is 0 Å². The van der Waals surface area contributed by atoms with Crippen LogP contribution in [0.25, 0.3) is 0 Å². The van der Waals surface area contributed by atoms with Crippen LogP contribution in [0.5, 0.6) is 0 Å². The van der Waals surface area contributed by atoms with E-state index in [9.17, 15) is 4.79 Å². The molecular formula is C12H17ClN2OS. The van der Waals surface area contributed by atoms with Gasteiger partial charge in [-0.15, -0.1) is 0 Å². The monoisotopic (exact) mass is 272 g/mol. The normalized spacial score (nSPS) is 29.4. The number of aldehydes is 1. The maximum atomic E-state index is 10.8. The molecule has 0 radical (unpaired) electrons. The molecular weight excluding hydrogens is 256 g/mol. The maximum absolute atomic E-state index is 10.8. The van der Waals surface area contributed by atoms with Crippen LogP contribution in [-0.4, -0.2) is 23.9 Å². The van der Waals surface area contributed by atoms with Crippen molar-refractivity contribution in [1.29, 1.82) is 0 Å². The van der Waals surface area contributed by atoms with Crippen molar-refractivity contribution in [3.8, 4) is 0 Å². The molecule has 1 aromatic heterocycles. The van der Waals surface area contributed by atoms with Crippen molar-refractivity contribution in [2.24, 2.45) is 11.8 Å². The number of nitrogens with zero attached hydrogens (tertiary/aromatic N) is 2. The van der Waals surface area contributed by atoms with Gasteiger partial charge in [0.25, 0.3) is 0 Å². The number of rotatable bonds is 2. The summed E-state index contributed by atoms with van der Waals surface area (Å²) in [6, 6.07) is 0.452. The van der Waals surface area contributed by atoms with Crippen LogP contribution in [0.3, 0.4) is 0 Å². The molecule has 0 aromatic carbocycles. The highest BCUT2D eigenvalue weighted by Gasteiger charge is 2.30. The van der Waals surface area contributed by atoms with E-state index in [0.717, 1.165) is 18.0 Å². The third-order valence-electron chi connectivity index (χ3n) is 3.55. The lowest BCUT2D eigenvalue weighted by Gasteiger charge is -2.41. The van der Waals surface area contributed by atoms with E-state index in [0.29, 0.717) is 27.9 Å². The lowest BCUT2D eigenvalue weighted by Crippen LogP contribution is -2.45. The molecule has 1 saturated heterocycles. The van der Waals surface area contributed by atoms with E-state index in [1.54, 1.807) is 0 Å². The van der Waals surface area contributed by atoms with Crippen LogP contribution in [0, 0.1) is 11.8 Å². The van der Waals surface area contributed by atoms with Gasteiger partial charge in [0.05, 0.1) is 0 Å². The minimum absolute atomic E-state index is 0.332. The molecule has 2 rings (SSSR count). The third-order valence-corrected chi connectivity index (χ3v) is 4.97. The summed E-state index contributed by atoms with van der Waals surface area (Å²) < 4.78 is 0. The number of carbonyl (C=O) groups is 1. The van der Waals surface area contributed by atoms with Gasteiger partial charge in [-0.3, -0.25) is 4.79 Å². The topological polar surface area (TPSA) is 33.2 Å². The molecule has 3 nitrogen and oxygen atoms in total. The molecule has 0 aliphatic carbocycles. The van der Waals surface area contributed by atoms with Gasteiger partial charge in [-0.25, -0.2) is 4.98 Å². The van der Waals surface area contributed by atoms with E-state index in [1.165, 1.54) is 17.8 Å². The van der Waals surface area contributed by atoms with E-state index < -0.39 is 0 Å². The van der Waals surface area contributed by atoms with E-state index in [2.05, 4.69) is 30.7 Å². The van der Waals surface area contributed by atoms with Crippen molar-refractivity contribution in [2.75, 3.05) is 11.4 Å². The molecule has 2 heterocycles. The summed E-state index contributed by atoms with van der Waals surface area (Å²) in [5.74, 6) is 1.30. The summed E-state index contributed by atoms with van der Waals surface area (Å²) in [6.07, 6.45) is 2.03. The van der Waals surface area contributed by atoms with E-state index in [4.69, 9.17) is 11.6 Å². The average molecular weight is 273 g/mol. The first kappa shape index (κ1) is 12.8. The highest BCUT2D eigenvalue weighted by atomic mass is 35.5. The Labute approximate surface area is 111 Å². The van der Waals surface area contributed by atoms with Crippen molar-refractivity contribution in [2.45, 2.75) is 33.2 Å². The van der Waals surface area contributed by atoms with Gasteiger partial charge < -0.3 is 4.90 Å². The standard InChI is InChI=1S/C12H17ClN2OS/c1-7-4-8(2)9(3)15(5-7)12-14-11(13)10(6-16)17-12/h6-9H,4-5H2,1-3H3. The van der Waals surface area contributed by atoms with Crippen LogP contribution in [0.15, 0.2) is 0 Å². The minimum atomic E-state index is 0.332. The molecule has 3 atom stereocenters. The summed E-state index contributed by atoms with van der Waals surface area (Å²) in [6.45, 7) is 7.73. The van der Waals surface area contributed by atoms with Crippen molar-refractivity contribution in [3.05, 3.63) is 10.0 Å². The van der Waals surface area contributed by atoms with Crippen molar-refractivity contribution in [1.82, 2.24) is 4.98 Å². The molecule has 5 heteroatoms. The first-order valence-electron chi connectivity index (χ1n) is 5.91. The largest absolute Gasteiger partial charge is 0.345 e. The average Bonchev–Trinajstić information content (AvgIpc) is 2.64. The van der Waals surface area contributed by atoms with Gasteiger partial charge in [-0.1, -0.05) is 36.8 Å². The molecule has 94 valence electrons. The van der Waals surface area contributed by atoms with Gasteiger partial charge in [0.15, 0.2) is 16.6 Å². The Kier molecular flexibility index (Phi) is 3.73. The molecule has 0 saturated carbocycles. The number of halogens is 1. The van der Waals surface area contributed by atoms with Crippen LogP contribution < -0.4 is 4.90 Å². The Balaban J connectivity index is 2.27. The second-order valence-electron chi connectivity index (χ2n) is 4.98. The predicted molar refractivity (Wildman–Crippen MR) is 72.3 cm³/mol. The first-order chi connectivity index (χ1) is 8.02. The summed E-state index contributed by atoms with van der Waals surface area (Å²) in [4.78, 5) is 17.9. The van der Waals surface area contributed by atoms with Crippen molar-refractivity contribution in [3.63, 3.8) is 0 Å². The fraction of sp³-hybridized carbons (Fsp3) is 0.667. The number of thiazole rings is 1. The van der Waals surface area contributed by atoms with Crippen LogP contribution in [0.2, 0.25) is 5.15 Å². The third kappa shape index (κ3) is 2.47. The SMILES string of the molecule is CC1CC(C)C(C)N(c2nc(Cl)c(C=O)s2)C1. The molecule has 17 heavy (non-hydrogen) atoms. The minimum Gasteiger partial charge on any atom is -0.345 e. The molecule has 1 aliphatic rings. The van der Waals surface area contributed by atoms with Gasteiger partial charge in [-0.05, 0) is 25.2 Å². The zero-order valence-corrected chi connectivity index (χ0v) is 11.9. The van der Waals surface area contributed by atoms with Gasteiger partial charge in [0.1, 0.15) is 4.88 Å². The Hall–Kier alpha value is -0.610. The summed E-state index contributed by atoms with van der Waals surface area (Å²) in [7, 11) is 0. The zero-order chi connectivity index (χ0) is 12.6.